The molecule has 0 aliphatic heterocycles. The zero-order valence-electron chi connectivity index (χ0n) is 12.3. The number of allylic oxidation sites excluding steroid dienone is 1. The molecule has 2 heteroatoms. The highest BCUT2D eigenvalue weighted by molar-refractivity contribution is 5.11. The van der Waals surface area contributed by atoms with Crippen LogP contribution in [0, 0.1) is 0 Å². The molecule has 0 amide bonds. The van der Waals surface area contributed by atoms with Crippen molar-refractivity contribution >= 4 is 0 Å². The van der Waals surface area contributed by atoms with Gasteiger partial charge in [-0.1, -0.05) is 31.4 Å². The number of nitrogens with one attached hydrogen (secondary N) is 1. The Morgan fingerprint density at radius 2 is 2.06 bits per heavy atom. The minimum Gasteiger partial charge on any atom is -0.382 e. The second-order valence-corrected chi connectivity index (χ2v) is 5.22. The van der Waals surface area contributed by atoms with Crippen molar-refractivity contribution in [3.8, 4) is 0 Å². The van der Waals surface area contributed by atoms with Crippen molar-refractivity contribution in [2.45, 2.75) is 71.3 Å². The van der Waals surface area contributed by atoms with Crippen molar-refractivity contribution in [3.05, 3.63) is 11.6 Å². The van der Waals surface area contributed by atoms with E-state index in [1.807, 2.05) is 0 Å². The Hall–Kier alpha value is -0.340. The maximum Gasteiger partial charge on any atom is 0.0483 e. The molecule has 0 fully saturated rings. The Labute approximate surface area is 113 Å². The number of hydrogen-bond donors (Lipinski definition) is 1. The van der Waals surface area contributed by atoms with Crippen molar-refractivity contribution in [2.75, 3.05) is 19.8 Å². The Balaban J connectivity index is 2.48. The molecule has 0 spiro atoms. The predicted molar refractivity (Wildman–Crippen MR) is 79.0 cm³/mol. The van der Waals surface area contributed by atoms with Crippen LogP contribution < -0.4 is 5.32 Å². The predicted octanol–water partition coefficient (Wildman–Crippen LogP) is 4.06. The molecule has 0 aromatic rings. The molecule has 18 heavy (non-hydrogen) atoms. The maximum atomic E-state index is 5.52. The Bertz CT molecular complexity index is 225. The zero-order chi connectivity index (χ0) is 13.1. The molecule has 1 N–H and O–H groups in total. The molecule has 106 valence electrons. The smallest absolute Gasteiger partial charge is 0.0483 e. The Kier molecular flexibility index (Phi) is 9.23. The van der Waals surface area contributed by atoms with Crippen molar-refractivity contribution in [1.82, 2.24) is 5.32 Å². The third-order valence-electron chi connectivity index (χ3n) is 3.67. The molecule has 1 aliphatic rings. The lowest BCUT2D eigenvalue weighted by molar-refractivity contribution is 0.139. The van der Waals surface area contributed by atoms with E-state index in [1.165, 1.54) is 44.9 Å². The van der Waals surface area contributed by atoms with Crippen LogP contribution in [-0.4, -0.2) is 25.8 Å². The number of hydrogen-bond acceptors (Lipinski definition) is 2. The van der Waals surface area contributed by atoms with Crippen molar-refractivity contribution in [2.24, 2.45) is 0 Å². The normalized spacial score (nSPS) is 18.9. The molecule has 1 aliphatic carbocycles. The second kappa shape index (κ2) is 10.6. The van der Waals surface area contributed by atoms with Crippen molar-refractivity contribution < 1.29 is 4.74 Å². The van der Waals surface area contributed by atoms with Crippen LogP contribution in [0.3, 0.4) is 0 Å². The van der Waals surface area contributed by atoms with Gasteiger partial charge in [-0.2, -0.15) is 0 Å². The van der Waals surface area contributed by atoms with Crippen molar-refractivity contribution in [3.63, 3.8) is 0 Å². The monoisotopic (exact) mass is 253 g/mol. The summed E-state index contributed by atoms with van der Waals surface area (Å²) >= 11 is 0. The average Bonchev–Trinajstić information content (AvgIpc) is 2.34. The highest BCUT2D eigenvalue weighted by Crippen LogP contribution is 2.21. The van der Waals surface area contributed by atoms with E-state index in [0.717, 1.165) is 26.2 Å². The van der Waals surface area contributed by atoms with E-state index in [9.17, 15) is 0 Å². The average molecular weight is 253 g/mol. The molecule has 0 aromatic carbocycles. The van der Waals surface area contributed by atoms with E-state index in [2.05, 4.69) is 25.2 Å². The molecule has 0 aromatic heterocycles. The van der Waals surface area contributed by atoms with Crippen LogP contribution in [0.5, 0.6) is 0 Å². The van der Waals surface area contributed by atoms with Gasteiger partial charge in [-0.05, 0) is 52.0 Å². The minimum atomic E-state index is 0.551. The summed E-state index contributed by atoms with van der Waals surface area (Å²) in [6, 6.07) is 0.551. The maximum absolute atomic E-state index is 5.52. The summed E-state index contributed by atoms with van der Waals surface area (Å²) in [6.07, 6.45) is 12.9. The van der Waals surface area contributed by atoms with Crippen LogP contribution in [0.15, 0.2) is 11.6 Å². The fraction of sp³-hybridized carbons (Fsp3) is 0.875. The molecule has 1 rings (SSSR count). The van der Waals surface area contributed by atoms with Crippen molar-refractivity contribution in [1.29, 1.82) is 0 Å². The van der Waals surface area contributed by atoms with E-state index in [0.29, 0.717) is 6.04 Å². The van der Waals surface area contributed by atoms with E-state index in [1.54, 1.807) is 5.57 Å². The first kappa shape index (κ1) is 15.7. The lowest BCUT2D eigenvalue weighted by Crippen LogP contribution is -2.33. The lowest BCUT2D eigenvalue weighted by atomic mass is 9.93. The van der Waals surface area contributed by atoms with Gasteiger partial charge in [0, 0.05) is 19.3 Å². The van der Waals surface area contributed by atoms with Gasteiger partial charge in [-0.15, -0.1) is 0 Å². The standard InChI is InChI=1S/C16H31NO/c1-3-13-17-16(12-14-18-4-2)15-10-8-6-5-7-9-11-15/h10,16-17H,3-9,11-14H2,1-2H3. The zero-order valence-corrected chi connectivity index (χ0v) is 12.3. The van der Waals surface area contributed by atoms with Gasteiger partial charge >= 0.3 is 0 Å². The van der Waals surface area contributed by atoms with Gasteiger partial charge in [0.05, 0.1) is 0 Å². The summed E-state index contributed by atoms with van der Waals surface area (Å²) in [4.78, 5) is 0. The van der Waals surface area contributed by atoms with Gasteiger partial charge in [0.2, 0.25) is 0 Å². The molecular formula is C16H31NO. The summed E-state index contributed by atoms with van der Waals surface area (Å²) in [5.74, 6) is 0. The molecule has 0 heterocycles. The van der Waals surface area contributed by atoms with Crippen LogP contribution >= 0.6 is 0 Å². The van der Waals surface area contributed by atoms with E-state index < -0.39 is 0 Å². The van der Waals surface area contributed by atoms with Gasteiger partial charge in [0.1, 0.15) is 0 Å². The lowest BCUT2D eigenvalue weighted by Gasteiger charge is -2.23. The molecule has 0 saturated heterocycles. The van der Waals surface area contributed by atoms with Crippen LogP contribution in [0.2, 0.25) is 0 Å². The van der Waals surface area contributed by atoms with Crippen LogP contribution in [-0.2, 0) is 4.74 Å². The van der Waals surface area contributed by atoms with E-state index >= 15 is 0 Å². The van der Waals surface area contributed by atoms with Gasteiger partial charge in [0.15, 0.2) is 0 Å². The van der Waals surface area contributed by atoms with E-state index in [4.69, 9.17) is 4.74 Å². The van der Waals surface area contributed by atoms with Crippen LogP contribution in [0.25, 0.3) is 0 Å². The summed E-state index contributed by atoms with van der Waals surface area (Å²) in [5.41, 5.74) is 1.64. The molecule has 0 radical (unpaired) electrons. The second-order valence-electron chi connectivity index (χ2n) is 5.22. The van der Waals surface area contributed by atoms with Gasteiger partial charge in [-0.3, -0.25) is 0 Å². The summed E-state index contributed by atoms with van der Waals surface area (Å²) in [7, 11) is 0. The van der Waals surface area contributed by atoms with E-state index in [-0.39, 0.29) is 0 Å². The van der Waals surface area contributed by atoms with Crippen LogP contribution in [0.4, 0.5) is 0 Å². The molecule has 2 nitrogen and oxygen atoms in total. The molecule has 0 saturated carbocycles. The molecule has 0 bridgehead atoms. The first-order chi connectivity index (χ1) is 8.88. The summed E-state index contributed by atoms with van der Waals surface area (Å²) < 4.78 is 5.52. The molecule has 1 unspecified atom stereocenters. The van der Waals surface area contributed by atoms with Gasteiger partial charge in [0.25, 0.3) is 0 Å². The fourth-order valence-corrected chi connectivity index (χ4v) is 2.62. The highest BCUT2D eigenvalue weighted by Gasteiger charge is 2.14. The highest BCUT2D eigenvalue weighted by atomic mass is 16.5. The largest absolute Gasteiger partial charge is 0.382 e. The minimum absolute atomic E-state index is 0.551. The first-order valence-electron chi connectivity index (χ1n) is 7.88. The van der Waals surface area contributed by atoms with Gasteiger partial charge in [-0.25, -0.2) is 0 Å². The number of rotatable bonds is 8. The summed E-state index contributed by atoms with van der Waals surface area (Å²) in [5, 5.41) is 3.70. The van der Waals surface area contributed by atoms with Gasteiger partial charge < -0.3 is 10.1 Å². The first-order valence-corrected chi connectivity index (χ1v) is 7.88. The molecule has 1 atom stereocenters. The third kappa shape index (κ3) is 6.55. The summed E-state index contributed by atoms with van der Waals surface area (Å²) in [6.45, 7) is 7.14. The molecular weight excluding hydrogens is 222 g/mol. The number of ether oxygens (including phenoxy) is 1. The Morgan fingerprint density at radius 1 is 1.22 bits per heavy atom. The SMILES string of the molecule is CCCNC(CCOCC)C1=CCCCCCC1. The topological polar surface area (TPSA) is 21.3 Å². The Morgan fingerprint density at radius 3 is 2.83 bits per heavy atom. The third-order valence-corrected chi connectivity index (χ3v) is 3.67. The quantitative estimate of drug-likeness (QED) is 0.520. The fourth-order valence-electron chi connectivity index (χ4n) is 2.62. The van der Waals surface area contributed by atoms with Crippen LogP contribution in [0.1, 0.15) is 65.2 Å².